The number of halogens is 3. The van der Waals surface area contributed by atoms with Crippen LogP contribution in [0.25, 0.3) is 28.1 Å². The van der Waals surface area contributed by atoms with E-state index in [1.807, 2.05) is 60.7 Å². The molecule has 0 unspecified atom stereocenters. The monoisotopic (exact) mass is 505 g/mol. The van der Waals surface area contributed by atoms with Crippen LogP contribution in [0.2, 0.25) is 0 Å². The number of thiocarbonyl (C=S) groups is 1. The van der Waals surface area contributed by atoms with Gasteiger partial charge in [-0.2, -0.15) is 23.4 Å². The van der Waals surface area contributed by atoms with Crippen molar-refractivity contribution < 1.29 is 17.6 Å². The molecule has 10 heteroatoms. The van der Waals surface area contributed by atoms with E-state index in [9.17, 15) is 13.2 Å². The van der Waals surface area contributed by atoms with Crippen molar-refractivity contribution >= 4 is 40.2 Å². The quantitative estimate of drug-likeness (QED) is 0.160. The fourth-order valence-electron chi connectivity index (χ4n) is 3.63. The number of para-hydroxylation sites is 3. The maximum Gasteiger partial charge on any atom is 0.418 e. The number of anilines is 1. The molecule has 0 saturated carbocycles. The third kappa shape index (κ3) is 4.98. The predicted molar refractivity (Wildman–Crippen MR) is 137 cm³/mol. The van der Waals surface area contributed by atoms with Gasteiger partial charge in [0.05, 0.1) is 23.2 Å². The first kappa shape index (κ1) is 23.3. The Bertz CT molecular complexity index is 1520. The molecule has 0 saturated heterocycles. The van der Waals surface area contributed by atoms with Crippen molar-refractivity contribution in [3.63, 3.8) is 0 Å². The molecule has 0 aliphatic rings. The van der Waals surface area contributed by atoms with Crippen molar-refractivity contribution in [3.8, 4) is 17.1 Å². The van der Waals surface area contributed by atoms with Crippen LogP contribution in [0.3, 0.4) is 0 Å². The Morgan fingerprint density at radius 1 is 0.972 bits per heavy atom. The summed E-state index contributed by atoms with van der Waals surface area (Å²) in [5, 5.41) is 12.2. The van der Waals surface area contributed by atoms with Crippen molar-refractivity contribution in [1.82, 2.24) is 15.2 Å². The second kappa shape index (κ2) is 9.67. The standard InChI is InChI=1S/C26H18F3N5OS/c27-26(28,29)20-11-5-6-12-21(20)31-25(36)32-30-15-18-16-34(19-9-2-1-3-10-19)33-24(18)23-14-17-8-4-7-13-22(17)35-23/h1-16H,(H2,31,32,36)/b30-15+. The van der Waals surface area contributed by atoms with Gasteiger partial charge in [0.1, 0.15) is 11.3 Å². The molecule has 0 bridgehead atoms. The lowest BCUT2D eigenvalue weighted by molar-refractivity contribution is -0.136. The first-order valence-corrected chi connectivity index (χ1v) is 11.2. The topological polar surface area (TPSA) is 67.4 Å². The molecule has 3 aromatic carbocycles. The average molecular weight is 506 g/mol. The molecule has 0 fully saturated rings. The molecule has 0 spiro atoms. The lowest BCUT2D eigenvalue weighted by Crippen LogP contribution is -2.25. The van der Waals surface area contributed by atoms with E-state index >= 15 is 0 Å². The van der Waals surface area contributed by atoms with E-state index in [1.165, 1.54) is 24.4 Å². The molecule has 5 rings (SSSR count). The van der Waals surface area contributed by atoms with Crippen molar-refractivity contribution in [2.45, 2.75) is 6.18 Å². The molecular formula is C26H18F3N5OS. The van der Waals surface area contributed by atoms with Gasteiger partial charge in [0, 0.05) is 17.1 Å². The summed E-state index contributed by atoms with van der Waals surface area (Å²) in [5.74, 6) is 0.548. The summed E-state index contributed by atoms with van der Waals surface area (Å²) < 4.78 is 47.4. The smallest absolute Gasteiger partial charge is 0.418 e. The maximum absolute atomic E-state index is 13.2. The molecule has 180 valence electrons. The van der Waals surface area contributed by atoms with E-state index in [0.717, 1.165) is 22.7 Å². The van der Waals surface area contributed by atoms with E-state index in [4.69, 9.17) is 16.6 Å². The third-order valence-corrected chi connectivity index (χ3v) is 5.47. The predicted octanol–water partition coefficient (Wildman–Crippen LogP) is 6.62. The van der Waals surface area contributed by atoms with Crippen LogP contribution in [-0.4, -0.2) is 21.1 Å². The summed E-state index contributed by atoms with van der Waals surface area (Å²) >= 11 is 5.14. The van der Waals surface area contributed by atoms with Crippen LogP contribution >= 0.6 is 12.2 Å². The van der Waals surface area contributed by atoms with Gasteiger partial charge in [-0.05, 0) is 48.6 Å². The van der Waals surface area contributed by atoms with Gasteiger partial charge in [0.25, 0.3) is 0 Å². The van der Waals surface area contributed by atoms with Crippen LogP contribution in [0.1, 0.15) is 11.1 Å². The van der Waals surface area contributed by atoms with Gasteiger partial charge in [-0.15, -0.1) is 0 Å². The Labute approximate surface area is 209 Å². The summed E-state index contributed by atoms with van der Waals surface area (Å²) in [5.41, 5.74) is 4.29. The van der Waals surface area contributed by atoms with Crippen molar-refractivity contribution in [3.05, 3.63) is 102 Å². The fraction of sp³-hybridized carbons (Fsp3) is 0.0385. The van der Waals surface area contributed by atoms with Gasteiger partial charge in [-0.25, -0.2) is 4.68 Å². The van der Waals surface area contributed by atoms with Gasteiger partial charge in [-0.3, -0.25) is 5.43 Å². The minimum atomic E-state index is -4.52. The first-order valence-electron chi connectivity index (χ1n) is 10.8. The van der Waals surface area contributed by atoms with E-state index < -0.39 is 11.7 Å². The number of hydrazone groups is 1. The molecular weight excluding hydrogens is 487 g/mol. The van der Waals surface area contributed by atoms with Gasteiger partial charge in [0.15, 0.2) is 10.9 Å². The van der Waals surface area contributed by atoms with Gasteiger partial charge in [-0.1, -0.05) is 48.5 Å². The Morgan fingerprint density at radius 3 is 2.47 bits per heavy atom. The minimum absolute atomic E-state index is 0.0938. The molecule has 0 amide bonds. The molecule has 0 aliphatic heterocycles. The number of nitrogens with one attached hydrogen (secondary N) is 2. The van der Waals surface area contributed by atoms with Crippen molar-refractivity contribution in [1.29, 1.82) is 0 Å². The number of rotatable bonds is 5. The zero-order valence-electron chi connectivity index (χ0n) is 18.5. The van der Waals surface area contributed by atoms with Crippen LogP contribution in [0.15, 0.2) is 101 Å². The Morgan fingerprint density at radius 2 is 1.69 bits per heavy atom. The number of furan rings is 1. The lowest BCUT2D eigenvalue weighted by atomic mass is 10.2. The SMILES string of the molecule is FC(F)(F)c1ccccc1NC(=S)N/N=C/c1cn(-c2ccccc2)nc1-c1cc2ccccc2o1. The average Bonchev–Trinajstić information content (AvgIpc) is 3.48. The van der Waals surface area contributed by atoms with E-state index in [0.29, 0.717) is 17.0 Å². The number of alkyl halides is 3. The number of nitrogens with zero attached hydrogens (tertiary/aromatic N) is 3. The van der Waals surface area contributed by atoms with E-state index in [-0.39, 0.29) is 10.8 Å². The lowest BCUT2D eigenvalue weighted by Gasteiger charge is -2.14. The molecule has 0 aliphatic carbocycles. The fourth-order valence-corrected chi connectivity index (χ4v) is 3.80. The Balaban J connectivity index is 1.41. The van der Waals surface area contributed by atoms with Gasteiger partial charge >= 0.3 is 6.18 Å². The summed E-state index contributed by atoms with van der Waals surface area (Å²) in [6, 6.07) is 24.1. The third-order valence-electron chi connectivity index (χ3n) is 5.27. The Hall–Kier alpha value is -4.44. The highest BCUT2D eigenvalue weighted by atomic mass is 32.1. The van der Waals surface area contributed by atoms with Crippen LogP contribution in [0.5, 0.6) is 0 Å². The molecule has 0 radical (unpaired) electrons. The largest absolute Gasteiger partial charge is 0.454 e. The minimum Gasteiger partial charge on any atom is -0.454 e. The zero-order chi connectivity index (χ0) is 25.1. The summed E-state index contributed by atoms with van der Waals surface area (Å²) in [6.45, 7) is 0. The Kier molecular flexibility index (Phi) is 6.26. The van der Waals surface area contributed by atoms with Crippen molar-refractivity contribution in [2.24, 2.45) is 5.10 Å². The normalized spacial score (nSPS) is 11.8. The molecule has 0 atom stereocenters. The van der Waals surface area contributed by atoms with Crippen LogP contribution in [0.4, 0.5) is 18.9 Å². The molecule has 2 heterocycles. The number of hydrogen-bond acceptors (Lipinski definition) is 4. The first-order chi connectivity index (χ1) is 17.4. The van der Waals surface area contributed by atoms with Crippen LogP contribution < -0.4 is 10.7 Å². The number of benzene rings is 3. The van der Waals surface area contributed by atoms with Gasteiger partial charge < -0.3 is 9.73 Å². The van der Waals surface area contributed by atoms with Crippen molar-refractivity contribution in [2.75, 3.05) is 5.32 Å². The zero-order valence-corrected chi connectivity index (χ0v) is 19.3. The summed E-state index contributed by atoms with van der Waals surface area (Å²) in [6.07, 6.45) is -1.26. The summed E-state index contributed by atoms with van der Waals surface area (Å²) in [7, 11) is 0. The number of aromatic nitrogens is 2. The number of hydrogen-bond donors (Lipinski definition) is 2. The highest BCUT2D eigenvalue weighted by Gasteiger charge is 2.33. The maximum atomic E-state index is 13.2. The summed E-state index contributed by atoms with van der Waals surface area (Å²) in [4.78, 5) is 0. The highest BCUT2D eigenvalue weighted by Crippen LogP contribution is 2.34. The molecule has 5 aromatic rings. The van der Waals surface area contributed by atoms with Crippen LogP contribution in [-0.2, 0) is 6.18 Å². The van der Waals surface area contributed by atoms with E-state index in [1.54, 1.807) is 10.9 Å². The van der Waals surface area contributed by atoms with Gasteiger partial charge in [0.2, 0.25) is 0 Å². The second-order valence-electron chi connectivity index (χ2n) is 7.73. The number of fused-ring (bicyclic) bond motifs is 1. The molecule has 6 nitrogen and oxygen atoms in total. The molecule has 2 N–H and O–H groups in total. The van der Waals surface area contributed by atoms with Crippen LogP contribution in [0, 0.1) is 0 Å². The highest BCUT2D eigenvalue weighted by molar-refractivity contribution is 7.80. The van der Waals surface area contributed by atoms with E-state index in [2.05, 4.69) is 20.9 Å². The second-order valence-corrected chi connectivity index (χ2v) is 8.14. The molecule has 2 aromatic heterocycles. The molecule has 36 heavy (non-hydrogen) atoms.